The van der Waals surface area contributed by atoms with Crippen LogP contribution in [0.5, 0.6) is 0 Å². The van der Waals surface area contributed by atoms with Crippen molar-refractivity contribution in [1.29, 1.82) is 0 Å². The lowest BCUT2D eigenvalue weighted by Crippen LogP contribution is -2.47. The van der Waals surface area contributed by atoms with Crippen molar-refractivity contribution < 1.29 is 22.4 Å². The van der Waals surface area contributed by atoms with Crippen LogP contribution in [0.25, 0.3) is 0 Å². The van der Waals surface area contributed by atoms with Crippen LogP contribution in [0.15, 0.2) is 59.8 Å². The van der Waals surface area contributed by atoms with Crippen molar-refractivity contribution in [2.45, 2.75) is 49.8 Å². The molecule has 12 heteroatoms. The first-order chi connectivity index (χ1) is 21.9. The maximum atomic E-state index is 14.5. The summed E-state index contributed by atoms with van der Waals surface area (Å²) in [6.07, 6.45) is 3.84. The number of piperidine rings is 1. The van der Waals surface area contributed by atoms with Gasteiger partial charge in [-0.1, -0.05) is 24.3 Å². The predicted molar refractivity (Wildman–Crippen MR) is 171 cm³/mol. The molecule has 2 aromatic carbocycles. The Balaban J connectivity index is 1.08. The number of carbonyl (C=O) groups is 2. The van der Waals surface area contributed by atoms with E-state index in [4.69, 9.17) is 5.14 Å². The zero-order valence-electron chi connectivity index (χ0n) is 26.4. The molecule has 0 saturated carbocycles. The molecule has 2 atom stereocenters. The summed E-state index contributed by atoms with van der Waals surface area (Å²) in [5, 5.41) is 5.27. The summed E-state index contributed by atoms with van der Waals surface area (Å²) in [7, 11) is -3.86. The zero-order chi connectivity index (χ0) is 32.6. The predicted octanol–water partition coefficient (Wildman–Crippen LogP) is 3.08. The highest BCUT2D eigenvalue weighted by atomic mass is 32.2. The lowest BCUT2D eigenvalue weighted by atomic mass is 9.70. The lowest BCUT2D eigenvalue weighted by molar-refractivity contribution is -0.132. The molecule has 6 rings (SSSR count). The van der Waals surface area contributed by atoms with E-state index in [0.717, 1.165) is 44.7 Å². The van der Waals surface area contributed by atoms with Gasteiger partial charge in [-0.05, 0) is 92.3 Å². The van der Waals surface area contributed by atoms with Gasteiger partial charge in [-0.3, -0.25) is 9.59 Å². The smallest absolute Gasteiger partial charge is 0.257 e. The molecule has 3 aliphatic rings. The van der Waals surface area contributed by atoms with Crippen LogP contribution >= 0.6 is 0 Å². The number of nitrogens with zero attached hydrogens (tertiary/aromatic N) is 5. The summed E-state index contributed by atoms with van der Waals surface area (Å²) in [6, 6.07) is 13.0. The van der Waals surface area contributed by atoms with Crippen molar-refractivity contribution >= 4 is 21.8 Å². The van der Waals surface area contributed by atoms with Crippen LogP contribution in [0, 0.1) is 31.5 Å². The van der Waals surface area contributed by atoms with Crippen LogP contribution in [0.2, 0.25) is 0 Å². The van der Waals surface area contributed by atoms with Gasteiger partial charge in [-0.25, -0.2) is 27.9 Å². The highest BCUT2D eigenvalue weighted by Crippen LogP contribution is 2.41. The van der Waals surface area contributed by atoms with Crippen molar-refractivity contribution in [3.63, 3.8) is 0 Å². The van der Waals surface area contributed by atoms with Crippen LogP contribution in [0.3, 0.4) is 0 Å². The van der Waals surface area contributed by atoms with Crippen LogP contribution < -0.4 is 5.14 Å². The quantitative estimate of drug-likeness (QED) is 0.398. The molecular formula is C34H41FN6O4S. The molecule has 46 heavy (non-hydrogen) atoms. The number of sulfonamides is 1. The fourth-order valence-electron chi connectivity index (χ4n) is 7.68. The number of nitrogens with two attached hydrogens (primary N) is 1. The Morgan fingerprint density at radius 1 is 0.935 bits per heavy atom. The second-order valence-electron chi connectivity index (χ2n) is 13.2. The molecule has 3 fully saturated rings. The number of aromatic nitrogens is 2. The average Bonchev–Trinajstić information content (AvgIpc) is 3.59. The fraction of sp³-hybridized carbons (Fsp3) is 0.471. The molecule has 3 aliphatic heterocycles. The topological polar surface area (TPSA) is 130 Å². The van der Waals surface area contributed by atoms with E-state index in [9.17, 15) is 22.4 Å². The van der Waals surface area contributed by atoms with Gasteiger partial charge in [0, 0.05) is 39.3 Å². The first-order valence-corrected chi connectivity index (χ1v) is 17.4. The molecule has 0 bridgehead atoms. The Labute approximate surface area is 269 Å². The largest absolute Gasteiger partial charge is 0.342 e. The number of benzene rings is 2. The van der Waals surface area contributed by atoms with Gasteiger partial charge in [-0.15, -0.1) is 0 Å². The first kappa shape index (κ1) is 32.2. The maximum Gasteiger partial charge on any atom is 0.257 e. The van der Waals surface area contributed by atoms with Crippen LogP contribution in [0.4, 0.5) is 4.39 Å². The molecule has 2 N–H and O–H groups in total. The number of fused-ring (bicyclic) bond motifs is 1. The summed E-state index contributed by atoms with van der Waals surface area (Å²) in [5.74, 6) is 0.497. The van der Waals surface area contributed by atoms with E-state index < -0.39 is 10.0 Å². The number of rotatable bonds is 8. The number of hydrogen-bond donors (Lipinski definition) is 1. The number of hydrogen-bond acceptors (Lipinski definition) is 7. The van der Waals surface area contributed by atoms with Gasteiger partial charge in [0.05, 0.1) is 28.3 Å². The number of carbonyl (C=O) groups excluding carboxylic acids is 2. The van der Waals surface area contributed by atoms with E-state index in [2.05, 4.69) is 14.9 Å². The van der Waals surface area contributed by atoms with Gasteiger partial charge in [0.25, 0.3) is 5.91 Å². The van der Waals surface area contributed by atoms with E-state index >= 15 is 0 Å². The molecule has 2 unspecified atom stereocenters. The van der Waals surface area contributed by atoms with Crippen molar-refractivity contribution in [2.75, 3.05) is 45.8 Å². The Hall–Kier alpha value is -3.74. The average molecular weight is 649 g/mol. The standard InChI is InChI=1S/C34H41FN6O4S/c1-23-32(24(2)38-22-37-23)33(43)41-20-26-18-39(19-27(26)21-41)12-9-34(28-6-4-7-29(35)17-28)10-13-40(14-11-34)31(42)16-25-5-3-8-30(15-25)46(36,44)45/h3-8,15,17,22,26-27H,9-14,16,18-21H2,1-2H3,(H2,36,44,45). The lowest BCUT2D eigenvalue weighted by Gasteiger charge is -2.43. The number of amides is 2. The molecule has 0 spiro atoms. The second kappa shape index (κ2) is 12.8. The molecule has 10 nitrogen and oxygen atoms in total. The van der Waals surface area contributed by atoms with E-state index in [1.165, 1.54) is 24.5 Å². The summed E-state index contributed by atoms with van der Waals surface area (Å²) in [6.45, 7) is 8.91. The zero-order valence-corrected chi connectivity index (χ0v) is 27.2. The maximum absolute atomic E-state index is 14.5. The SMILES string of the molecule is Cc1ncnc(C)c1C(=O)N1CC2CN(CCC3(c4cccc(F)c4)CCN(C(=O)Cc4cccc(S(N)(=O)=O)c4)CC3)CC2C1. The van der Waals surface area contributed by atoms with Crippen molar-refractivity contribution in [1.82, 2.24) is 24.7 Å². The third kappa shape index (κ3) is 6.70. The number of aryl methyl sites for hydroxylation is 2. The van der Waals surface area contributed by atoms with Gasteiger partial charge in [0.2, 0.25) is 15.9 Å². The number of primary sulfonamides is 1. The molecule has 0 aliphatic carbocycles. The third-order valence-corrected chi connectivity index (χ3v) is 11.2. The number of likely N-dealkylation sites (tertiary alicyclic amines) is 3. The molecular weight excluding hydrogens is 607 g/mol. The fourth-order valence-corrected chi connectivity index (χ4v) is 8.26. The molecule has 4 heterocycles. The van der Waals surface area contributed by atoms with Crippen molar-refractivity contribution in [3.05, 3.63) is 88.8 Å². The van der Waals surface area contributed by atoms with Crippen LogP contribution in [-0.2, 0) is 26.7 Å². The summed E-state index contributed by atoms with van der Waals surface area (Å²) < 4.78 is 38.0. The Kier molecular flexibility index (Phi) is 8.97. The first-order valence-electron chi connectivity index (χ1n) is 15.9. The van der Waals surface area contributed by atoms with Gasteiger partial charge in [0.15, 0.2) is 0 Å². The molecule has 2 amide bonds. The Morgan fingerprint density at radius 2 is 1.59 bits per heavy atom. The highest BCUT2D eigenvalue weighted by Gasteiger charge is 2.44. The van der Waals surface area contributed by atoms with Crippen LogP contribution in [0.1, 0.15) is 52.1 Å². The summed E-state index contributed by atoms with van der Waals surface area (Å²) >= 11 is 0. The van der Waals surface area contributed by atoms with Gasteiger partial charge >= 0.3 is 0 Å². The van der Waals surface area contributed by atoms with Gasteiger partial charge in [0.1, 0.15) is 12.1 Å². The van der Waals surface area contributed by atoms with E-state index in [0.29, 0.717) is 60.3 Å². The molecule has 244 valence electrons. The van der Waals surface area contributed by atoms with E-state index in [1.54, 1.807) is 24.3 Å². The Bertz CT molecular complexity index is 1710. The summed E-state index contributed by atoms with van der Waals surface area (Å²) in [5.41, 5.74) is 3.33. The minimum Gasteiger partial charge on any atom is -0.342 e. The normalized spacial score (nSPS) is 21.4. The van der Waals surface area contributed by atoms with Crippen molar-refractivity contribution in [3.8, 4) is 0 Å². The molecule has 1 aromatic heterocycles. The third-order valence-electron chi connectivity index (χ3n) is 10.3. The van der Waals surface area contributed by atoms with E-state index in [1.807, 2.05) is 29.7 Å². The highest BCUT2D eigenvalue weighted by molar-refractivity contribution is 7.89. The molecule has 3 aromatic rings. The minimum atomic E-state index is -3.86. The summed E-state index contributed by atoms with van der Waals surface area (Å²) in [4.78, 5) is 41.3. The van der Waals surface area contributed by atoms with Gasteiger partial charge < -0.3 is 14.7 Å². The van der Waals surface area contributed by atoms with E-state index in [-0.39, 0.29) is 34.4 Å². The van der Waals surface area contributed by atoms with Gasteiger partial charge in [-0.2, -0.15) is 0 Å². The Morgan fingerprint density at radius 3 is 2.22 bits per heavy atom. The number of halogens is 1. The van der Waals surface area contributed by atoms with Crippen molar-refractivity contribution in [2.24, 2.45) is 17.0 Å². The second-order valence-corrected chi connectivity index (χ2v) is 14.8. The molecule has 3 saturated heterocycles. The monoisotopic (exact) mass is 648 g/mol. The minimum absolute atomic E-state index is 0.0112. The molecule has 0 radical (unpaired) electrons. The van der Waals surface area contributed by atoms with Crippen LogP contribution in [-0.4, -0.2) is 90.7 Å².